The number of hydrogen-bond donors (Lipinski definition) is 0. The van der Waals surface area contributed by atoms with E-state index in [2.05, 4.69) is 9.69 Å². The lowest BCUT2D eigenvalue weighted by molar-refractivity contribution is 0.107. The number of nitriles is 2. The molecule has 0 bridgehead atoms. The zero-order chi connectivity index (χ0) is 37.6. The Hall–Kier alpha value is -6.86. The first kappa shape index (κ1) is 35.9. The number of rotatable bonds is 8. The standard InChI is InChI=1S/C42H26N4O5S2/c1-45-37(25-43)35-21-39(31-9-5-3-6-10-31)52(47,48)41(23-35)33-17-13-29(14-18-33)27-51-28-30-15-19-34(20-16-30)42-24-36(38(26-44)46-2)22-40(53(42,49)50)32-11-7-4-8-12-32/h3-24H,27-28H2/b37-35-,38-36+. The molecule has 11 heteroatoms. The molecule has 0 atom stereocenters. The Morgan fingerprint density at radius 3 is 1.09 bits per heavy atom. The second kappa shape index (κ2) is 15.2. The number of allylic oxidation sites excluding steroid dienone is 8. The summed E-state index contributed by atoms with van der Waals surface area (Å²) in [6.45, 7) is 15.2. The topological polar surface area (TPSA) is 134 Å². The van der Waals surface area contributed by atoms with Crippen LogP contribution in [-0.2, 0) is 37.6 Å². The summed E-state index contributed by atoms with van der Waals surface area (Å²) < 4.78 is 61.0. The quantitative estimate of drug-likeness (QED) is 0.131. The van der Waals surface area contributed by atoms with Crippen LogP contribution in [0, 0.1) is 35.8 Å². The molecule has 0 saturated heterocycles. The van der Waals surface area contributed by atoms with Crippen molar-refractivity contribution in [2.75, 3.05) is 0 Å². The van der Waals surface area contributed by atoms with Crippen LogP contribution in [0.1, 0.15) is 33.4 Å². The van der Waals surface area contributed by atoms with E-state index in [-0.39, 0.29) is 55.4 Å². The molecule has 0 fully saturated rings. The van der Waals surface area contributed by atoms with Gasteiger partial charge in [0.1, 0.15) is 0 Å². The van der Waals surface area contributed by atoms with Crippen LogP contribution in [0.25, 0.3) is 29.3 Å². The molecule has 0 radical (unpaired) electrons. The highest BCUT2D eigenvalue weighted by Crippen LogP contribution is 2.41. The molecule has 6 rings (SSSR count). The van der Waals surface area contributed by atoms with Crippen LogP contribution in [0.4, 0.5) is 0 Å². The Kier molecular flexibility index (Phi) is 10.3. The molecule has 53 heavy (non-hydrogen) atoms. The van der Waals surface area contributed by atoms with Gasteiger partial charge in [-0.1, -0.05) is 109 Å². The van der Waals surface area contributed by atoms with Crippen molar-refractivity contribution in [1.82, 2.24) is 0 Å². The van der Waals surface area contributed by atoms with Gasteiger partial charge in [-0.25, -0.2) is 37.0 Å². The van der Waals surface area contributed by atoms with E-state index in [1.807, 2.05) is 12.1 Å². The normalized spacial score (nSPS) is 17.6. The van der Waals surface area contributed by atoms with Crippen molar-refractivity contribution in [3.63, 3.8) is 0 Å². The number of sulfone groups is 2. The molecule has 0 amide bonds. The summed E-state index contributed by atoms with van der Waals surface area (Å²) >= 11 is 0. The zero-order valence-electron chi connectivity index (χ0n) is 27.8. The molecule has 0 N–H and O–H groups in total. The van der Waals surface area contributed by atoms with E-state index >= 15 is 0 Å². The molecule has 2 aliphatic rings. The molecule has 0 unspecified atom stereocenters. The van der Waals surface area contributed by atoms with Crippen LogP contribution in [0.15, 0.2) is 156 Å². The minimum Gasteiger partial charge on any atom is -0.372 e. The molecular formula is C42H26N4O5S2. The van der Waals surface area contributed by atoms with E-state index in [0.29, 0.717) is 22.3 Å². The smallest absolute Gasteiger partial charge is 0.269 e. The average Bonchev–Trinajstić information content (AvgIpc) is 3.18. The van der Waals surface area contributed by atoms with E-state index in [0.717, 1.165) is 11.1 Å². The summed E-state index contributed by atoms with van der Waals surface area (Å²) in [7, 11) is -7.99. The highest BCUT2D eigenvalue weighted by Gasteiger charge is 2.32. The van der Waals surface area contributed by atoms with Gasteiger partial charge in [-0.15, -0.1) is 0 Å². The van der Waals surface area contributed by atoms with Gasteiger partial charge in [0.2, 0.25) is 19.7 Å². The fourth-order valence-corrected chi connectivity index (χ4v) is 9.14. The third-order valence-corrected chi connectivity index (χ3v) is 12.1. The Morgan fingerprint density at radius 2 is 0.811 bits per heavy atom. The van der Waals surface area contributed by atoms with Crippen molar-refractivity contribution < 1.29 is 21.6 Å². The van der Waals surface area contributed by atoms with Crippen molar-refractivity contribution in [3.8, 4) is 12.1 Å². The van der Waals surface area contributed by atoms with Gasteiger partial charge in [0.25, 0.3) is 11.4 Å². The lowest BCUT2D eigenvalue weighted by Crippen LogP contribution is -2.11. The molecule has 2 heterocycles. The van der Waals surface area contributed by atoms with Crippen molar-refractivity contribution in [2.45, 2.75) is 13.2 Å². The summed E-state index contributed by atoms with van der Waals surface area (Å²) in [5, 5.41) is 19.0. The Labute approximate surface area is 307 Å². The lowest BCUT2D eigenvalue weighted by Gasteiger charge is -2.19. The molecule has 0 aromatic heterocycles. The van der Waals surface area contributed by atoms with E-state index in [1.165, 1.54) is 24.3 Å². The Balaban J connectivity index is 1.19. The monoisotopic (exact) mass is 730 g/mol. The molecule has 0 spiro atoms. The maximum atomic E-state index is 13.8. The molecule has 256 valence electrons. The van der Waals surface area contributed by atoms with Gasteiger partial charge >= 0.3 is 0 Å². The van der Waals surface area contributed by atoms with Crippen molar-refractivity contribution >= 4 is 39.3 Å². The number of ether oxygens (including phenoxy) is 1. The number of hydrogen-bond acceptors (Lipinski definition) is 7. The zero-order valence-corrected chi connectivity index (χ0v) is 29.4. The van der Waals surface area contributed by atoms with Crippen LogP contribution >= 0.6 is 0 Å². The second-order valence-electron chi connectivity index (χ2n) is 11.7. The predicted octanol–water partition coefficient (Wildman–Crippen LogP) is 8.42. The van der Waals surface area contributed by atoms with Crippen LogP contribution < -0.4 is 0 Å². The van der Waals surface area contributed by atoms with E-state index in [4.69, 9.17) is 17.9 Å². The van der Waals surface area contributed by atoms with Crippen molar-refractivity contribution in [1.29, 1.82) is 10.5 Å². The van der Waals surface area contributed by atoms with Crippen LogP contribution in [0.2, 0.25) is 0 Å². The largest absolute Gasteiger partial charge is 0.372 e. The van der Waals surface area contributed by atoms with Gasteiger partial charge < -0.3 is 4.74 Å². The lowest BCUT2D eigenvalue weighted by atomic mass is 10.1. The van der Waals surface area contributed by atoms with Gasteiger partial charge in [-0.2, -0.15) is 0 Å². The van der Waals surface area contributed by atoms with Crippen molar-refractivity contribution in [2.24, 2.45) is 0 Å². The van der Waals surface area contributed by atoms with Gasteiger partial charge in [0.15, 0.2) is 0 Å². The summed E-state index contributed by atoms with van der Waals surface area (Å²) in [5.41, 5.74) is 3.17. The summed E-state index contributed by atoms with van der Waals surface area (Å²) in [6, 6.07) is 34.3. The van der Waals surface area contributed by atoms with Gasteiger partial charge in [0.05, 0.1) is 58.1 Å². The van der Waals surface area contributed by atoms with E-state index in [1.54, 1.807) is 109 Å². The third kappa shape index (κ3) is 7.32. The molecular weight excluding hydrogens is 705 g/mol. The maximum Gasteiger partial charge on any atom is 0.269 e. The van der Waals surface area contributed by atoms with E-state index < -0.39 is 19.7 Å². The highest BCUT2D eigenvalue weighted by atomic mass is 32.2. The first-order valence-corrected chi connectivity index (χ1v) is 18.8. The molecule has 0 aliphatic carbocycles. The van der Waals surface area contributed by atoms with Crippen LogP contribution in [0.5, 0.6) is 0 Å². The molecule has 0 saturated carbocycles. The average molecular weight is 731 g/mol. The fourth-order valence-electron chi connectivity index (χ4n) is 5.75. The first-order valence-electron chi connectivity index (χ1n) is 15.9. The minimum atomic E-state index is -4.00. The number of benzene rings is 4. The minimum absolute atomic E-state index is 0.00176. The SMILES string of the molecule is [C-]#[N+]/C(C#N)=C1/C=C(c2ccccc2)S(=O)(=O)C(c2ccc(COCc3ccc(C4=C/C(=C(\C#N)[N+]#[C-])C=C(c5ccccc5)S4(=O)=O)cc3)cc2)=C1. The van der Waals surface area contributed by atoms with Crippen molar-refractivity contribution in [3.05, 3.63) is 212 Å². The van der Waals surface area contributed by atoms with Crippen LogP contribution in [-0.4, -0.2) is 16.8 Å². The summed E-state index contributed by atoms with van der Waals surface area (Å²) in [4.78, 5) is 6.51. The van der Waals surface area contributed by atoms with Gasteiger partial charge in [-0.3, -0.25) is 0 Å². The second-order valence-corrected chi connectivity index (χ2v) is 15.5. The fraction of sp³-hybridized carbons (Fsp3) is 0.0476. The summed E-state index contributed by atoms with van der Waals surface area (Å²) in [5.74, 6) is 0. The molecule has 4 aromatic rings. The van der Waals surface area contributed by atoms with Crippen LogP contribution in [0.3, 0.4) is 0 Å². The Morgan fingerprint density at radius 1 is 0.509 bits per heavy atom. The maximum absolute atomic E-state index is 13.8. The van der Waals surface area contributed by atoms with Gasteiger partial charge in [0, 0.05) is 0 Å². The first-order chi connectivity index (χ1) is 25.6. The highest BCUT2D eigenvalue weighted by molar-refractivity contribution is 8.09. The summed E-state index contributed by atoms with van der Waals surface area (Å²) in [6.07, 6.45) is 5.42. The van der Waals surface area contributed by atoms with E-state index in [9.17, 15) is 27.4 Å². The molecule has 2 aliphatic heterocycles. The predicted molar refractivity (Wildman–Crippen MR) is 202 cm³/mol. The number of nitrogens with zero attached hydrogens (tertiary/aromatic N) is 4. The third-order valence-electron chi connectivity index (χ3n) is 8.42. The van der Waals surface area contributed by atoms with Gasteiger partial charge in [-0.05, 0) is 68.8 Å². The Bertz CT molecular complexity index is 2490. The molecule has 4 aromatic carbocycles. The molecule has 9 nitrogen and oxygen atoms in total.